The first-order valence-electron chi connectivity index (χ1n) is 11.7. The van der Waals surface area contributed by atoms with Crippen LogP contribution in [0.5, 0.6) is 5.75 Å². The summed E-state index contributed by atoms with van der Waals surface area (Å²) in [5, 5.41) is 0. The third-order valence-corrected chi connectivity index (χ3v) is 7.41. The third-order valence-electron chi connectivity index (χ3n) is 6.22. The molecule has 7 heteroatoms. The van der Waals surface area contributed by atoms with Crippen LogP contribution in [0.2, 0.25) is 0 Å². The number of alkyl halides is 3. The first-order chi connectivity index (χ1) is 16.6. The number of ether oxygens (including phenoxy) is 2. The lowest BCUT2D eigenvalue weighted by Crippen LogP contribution is -2.11. The van der Waals surface area contributed by atoms with E-state index in [0.717, 1.165) is 45.6 Å². The molecule has 0 aliphatic rings. The van der Waals surface area contributed by atoms with Gasteiger partial charge in [-0.15, -0.1) is 11.3 Å². The van der Waals surface area contributed by atoms with E-state index in [0.29, 0.717) is 23.7 Å². The van der Waals surface area contributed by atoms with E-state index in [4.69, 9.17) is 9.47 Å². The third kappa shape index (κ3) is 6.26. The molecule has 0 amide bonds. The number of benzene rings is 2. The number of esters is 1. The minimum Gasteiger partial charge on any atom is -0.489 e. The predicted octanol–water partition coefficient (Wildman–Crippen LogP) is 8.00. The van der Waals surface area contributed by atoms with Crippen LogP contribution in [0.1, 0.15) is 58.5 Å². The number of thiophene rings is 1. The van der Waals surface area contributed by atoms with Gasteiger partial charge in [-0.3, -0.25) is 4.79 Å². The van der Waals surface area contributed by atoms with E-state index < -0.39 is 11.7 Å². The highest BCUT2D eigenvalue weighted by Gasteiger charge is 2.38. The fourth-order valence-electron chi connectivity index (χ4n) is 4.12. The van der Waals surface area contributed by atoms with Crippen LogP contribution in [0, 0.1) is 20.8 Å². The molecule has 0 fully saturated rings. The molecule has 0 radical (unpaired) electrons. The number of hydrogen-bond donors (Lipinski definition) is 0. The Morgan fingerprint density at radius 2 is 1.66 bits per heavy atom. The van der Waals surface area contributed by atoms with Gasteiger partial charge in [0.15, 0.2) is 0 Å². The van der Waals surface area contributed by atoms with E-state index in [1.807, 2.05) is 51.1 Å². The molecule has 0 atom stereocenters. The minimum absolute atomic E-state index is 0.160. The summed E-state index contributed by atoms with van der Waals surface area (Å²) in [4.78, 5) is 12.5. The van der Waals surface area contributed by atoms with Crippen LogP contribution in [0.15, 0.2) is 36.4 Å². The first kappa shape index (κ1) is 26.8. The van der Waals surface area contributed by atoms with E-state index in [-0.39, 0.29) is 29.4 Å². The van der Waals surface area contributed by atoms with Crippen LogP contribution in [0.25, 0.3) is 10.4 Å². The molecule has 0 saturated heterocycles. The Kier molecular flexibility index (Phi) is 8.65. The highest BCUT2D eigenvalue weighted by atomic mass is 32.1. The summed E-state index contributed by atoms with van der Waals surface area (Å²) in [5.74, 6) is 0.281. The van der Waals surface area contributed by atoms with Crippen molar-refractivity contribution in [3.63, 3.8) is 0 Å². The zero-order chi connectivity index (χ0) is 25.8. The second kappa shape index (κ2) is 11.3. The molecule has 0 unspecified atom stereocenters. The van der Waals surface area contributed by atoms with Crippen molar-refractivity contribution in [2.24, 2.45) is 0 Å². The van der Waals surface area contributed by atoms with Gasteiger partial charge in [-0.25, -0.2) is 0 Å². The molecule has 3 nitrogen and oxygen atoms in total. The minimum atomic E-state index is -4.47. The van der Waals surface area contributed by atoms with Crippen LogP contribution in [-0.2, 0) is 35.2 Å². The van der Waals surface area contributed by atoms with Gasteiger partial charge in [-0.05, 0) is 74.4 Å². The van der Waals surface area contributed by atoms with Crippen LogP contribution in [0.3, 0.4) is 0 Å². The van der Waals surface area contributed by atoms with Gasteiger partial charge in [0, 0.05) is 21.7 Å². The zero-order valence-electron chi connectivity index (χ0n) is 20.8. The normalized spacial score (nSPS) is 11.5. The topological polar surface area (TPSA) is 35.5 Å². The number of carbonyl (C=O) groups excluding carboxylic acids is 1. The van der Waals surface area contributed by atoms with Crippen molar-refractivity contribution in [1.82, 2.24) is 0 Å². The maximum absolute atomic E-state index is 14.0. The molecule has 3 aromatic rings. The average Bonchev–Trinajstić information content (AvgIpc) is 3.16. The molecule has 0 spiro atoms. The van der Waals surface area contributed by atoms with Crippen molar-refractivity contribution in [2.45, 2.75) is 66.7 Å². The van der Waals surface area contributed by atoms with Crippen LogP contribution in [0.4, 0.5) is 13.2 Å². The summed E-state index contributed by atoms with van der Waals surface area (Å²) in [5.41, 5.74) is 4.23. The van der Waals surface area contributed by atoms with E-state index in [1.54, 1.807) is 13.0 Å². The van der Waals surface area contributed by atoms with Gasteiger partial charge in [0.25, 0.3) is 0 Å². The van der Waals surface area contributed by atoms with Crippen molar-refractivity contribution in [3.8, 4) is 16.2 Å². The number of aryl methyl sites for hydroxylation is 3. The van der Waals surface area contributed by atoms with Gasteiger partial charge < -0.3 is 9.47 Å². The average molecular weight is 505 g/mol. The van der Waals surface area contributed by atoms with Crippen molar-refractivity contribution in [3.05, 3.63) is 74.7 Å². The molecular weight excluding hydrogens is 473 g/mol. The van der Waals surface area contributed by atoms with Gasteiger partial charge in [0.1, 0.15) is 12.4 Å². The van der Waals surface area contributed by atoms with E-state index in [9.17, 15) is 18.0 Å². The van der Waals surface area contributed by atoms with E-state index in [1.165, 1.54) is 6.92 Å². The monoisotopic (exact) mass is 504 g/mol. The molecule has 0 aliphatic carbocycles. The second-order valence-corrected chi connectivity index (χ2v) is 9.68. The highest BCUT2D eigenvalue weighted by Crippen LogP contribution is 2.45. The summed E-state index contributed by atoms with van der Waals surface area (Å²) in [6, 6.07) is 11.3. The fourth-order valence-corrected chi connectivity index (χ4v) is 5.31. The Morgan fingerprint density at radius 3 is 2.26 bits per heavy atom. The Labute approximate surface area is 208 Å². The molecular formula is C28H31F3O3S. The van der Waals surface area contributed by atoms with Crippen LogP contribution >= 0.6 is 11.3 Å². The van der Waals surface area contributed by atoms with Gasteiger partial charge in [0.05, 0.1) is 12.2 Å². The van der Waals surface area contributed by atoms with Crippen molar-refractivity contribution in [2.75, 3.05) is 6.61 Å². The molecule has 188 valence electrons. The first-order valence-corrected chi connectivity index (χ1v) is 12.5. The van der Waals surface area contributed by atoms with Gasteiger partial charge in [0.2, 0.25) is 0 Å². The lowest BCUT2D eigenvalue weighted by molar-refractivity contribution is -0.143. The van der Waals surface area contributed by atoms with Crippen molar-refractivity contribution >= 4 is 17.3 Å². The number of hydrogen-bond acceptors (Lipinski definition) is 4. The SMILES string of the molecule is CCOC(=O)CCc1ccc(OCc2c(-c3ccc(CC)cc3)sc(C)c2C(F)(F)F)c(C)c1C. The van der Waals surface area contributed by atoms with Gasteiger partial charge >= 0.3 is 12.1 Å². The Bertz CT molecular complexity index is 1180. The molecule has 2 aromatic carbocycles. The number of rotatable bonds is 9. The molecule has 0 saturated carbocycles. The largest absolute Gasteiger partial charge is 0.489 e. The number of carbonyl (C=O) groups is 1. The molecule has 3 rings (SSSR count). The molecule has 0 N–H and O–H groups in total. The Morgan fingerprint density at radius 1 is 0.971 bits per heavy atom. The lowest BCUT2D eigenvalue weighted by atomic mass is 9.98. The van der Waals surface area contributed by atoms with Gasteiger partial charge in [-0.2, -0.15) is 13.2 Å². The summed E-state index contributed by atoms with van der Waals surface area (Å²) in [6.45, 7) is 9.28. The van der Waals surface area contributed by atoms with Crippen LogP contribution < -0.4 is 4.74 Å². The summed E-state index contributed by atoms with van der Waals surface area (Å²) in [7, 11) is 0. The van der Waals surface area contributed by atoms with Crippen molar-refractivity contribution in [1.29, 1.82) is 0 Å². The molecule has 35 heavy (non-hydrogen) atoms. The van der Waals surface area contributed by atoms with Crippen LogP contribution in [-0.4, -0.2) is 12.6 Å². The maximum atomic E-state index is 14.0. The fraction of sp³-hybridized carbons (Fsp3) is 0.393. The maximum Gasteiger partial charge on any atom is 0.417 e. The zero-order valence-corrected chi connectivity index (χ0v) is 21.6. The quantitative estimate of drug-likeness (QED) is 0.277. The standard InChI is InChI=1S/C28H31F3O3S/c1-6-20-8-10-22(11-9-20)27-23(26(19(5)35-27)28(29,30)31)16-34-24-14-12-21(17(3)18(24)4)13-15-25(32)33-7-2/h8-12,14H,6-7,13,15-16H2,1-5H3. The Hall–Kier alpha value is -2.80. The summed E-state index contributed by atoms with van der Waals surface area (Å²) >= 11 is 1.15. The predicted molar refractivity (Wildman–Crippen MR) is 134 cm³/mol. The van der Waals surface area contributed by atoms with E-state index >= 15 is 0 Å². The molecule has 0 bridgehead atoms. The smallest absolute Gasteiger partial charge is 0.417 e. The Balaban J connectivity index is 1.89. The second-order valence-electron chi connectivity index (χ2n) is 8.46. The number of halogens is 3. The summed E-state index contributed by atoms with van der Waals surface area (Å²) in [6.07, 6.45) is -2.80. The van der Waals surface area contributed by atoms with Crippen molar-refractivity contribution < 1.29 is 27.4 Å². The lowest BCUT2D eigenvalue weighted by Gasteiger charge is -2.17. The highest BCUT2D eigenvalue weighted by molar-refractivity contribution is 7.15. The molecule has 1 heterocycles. The van der Waals surface area contributed by atoms with Gasteiger partial charge in [-0.1, -0.05) is 37.3 Å². The molecule has 0 aliphatic heterocycles. The van der Waals surface area contributed by atoms with E-state index in [2.05, 4.69) is 0 Å². The molecule has 1 aromatic heterocycles. The summed E-state index contributed by atoms with van der Waals surface area (Å²) < 4.78 is 53.0.